The van der Waals surface area contributed by atoms with Crippen LogP contribution in [0.5, 0.6) is 0 Å². The van der Waals surface area contributed by atoms with E-state index in [1.807, 2.05) is 27.2 Å². The highest BCUT2D eigenvalue weighted by molar-refractivity contribution is 14.0. The molecule has 1 atom stereocenters. The van der Waals surface area contributed by atoms with Crippen molar-refractivity contribution in [3.8, 4) is 0 Å². The van der Waals surface area contributed by atoms with Gasteiger partial charge in [-0.2, -0.15) is 0 Å². The molecule has 0 radical (unpaired) electrons. The topological polar surface area (TPSA) is 34.1 Å². The molecule has 2 aromatic rings. The molecule has 1 unspecified atom stereocenters. The van der Waals surface area contributed by atoms with E-state index in [2.05, 4.69) is 42.5 Å². The molecule has 1 saturated heterocycles. The second-order valence-electron chi connectivity index (χ2n) is 6.89. The molecule has 2 heterocycles. The molecule has 0 spiro atoms. The van der Waals surface area contributed by atoms with E-state index >= 15 is 0 Å². The molecular formula is C20H29FIN5S. The molecule has 1 N–H and O–H groups in total. The van der Waals surface area contributed by atoms with Gasteiger partial charge in [0.15, 0.2) is 5.96 Å². The van der Waals surface area contributed by atoms with Crippen LogP contribution in [0.3, 0.4) is 0 Å². The number of benzene rings is 1. The lowest BCUT2D eigenvalue weighted by molar-refractivity contribution is 0.291. The zero-order valence-electron chi connectivity index (χ0n) is 16.6. The maximum absolute atomic E-state index is 13.6. The van der Waals surface area contributed by atoms with Crippen LogP contribution in [0.1, 0.15) is 11.6 Å². The molecule has 5 nitrogen and oxygen atoms in total. The number of hydrogen-bond donors (Lipinski definition) is 1. The van der Waals surface area contributed by atoms with Gasteiger partial charge in [0, 0.05) is 39.8 Å². The number of nitrogens with one attached hydrogen (secondary N) is 1. The Balaban J connectivity index is 0.00000280. The third-order valence-corrected chi connectivity index (χ3v) is 5.85. The minimum absolute atomic E-state index is 0. The lowest BCUT2D eigenvalue weighted by Gasteiger charge is -2.37. The van der Waals surface area contributed by atoms with E-state index in [1.165, 1.54) is 11.1 Å². The second-order valence-corrected chi connectivity index (χ2v) is 7.81. The first-order chi connectivity index (χ1) is 13.1. The van der Waals surface area contributed by atoms with E-state index in [0.717, 1.165) is 37.7 Å². The summed E-state index contributed by atoms with van der Waals surface area (Å²) in [6, 6.07) is 11.2. The van der Waals surface area contributed by atoms with Crippen molar-refractivity contribution in [1.82, 2.24) is 15.1 Å². The Bertz CT molecular complexity index is 745. The maximum Gasteiger partial charge on any atom is 0.193 e. The summed E-state index contributed by atoms with van der Waals surface area (Å²) in [6.45, 7) is 4.52. The largest absolute Gasteiger partial charge is 0.360 e. The highest BCUT2D eigenvalue weighted by Gasteiger charge is 2.22. The summed E-state index contributed by atoms with van der Waals surface area (Å²) in [6.07, 6.45) is 0. The molecule has 1 aromatic carbocycles. The van der Waals surface area contributed by atoms with Crippen molar-refractivity contribution < 1.29 is 4.39 Å². The Morgan fingerprint density at radius 1 is 1.21 bits per heavy atom. The monoisotopic (exact) mass is 517 g/mol. The van der Waals surface area contributed by atoms with Crippen molar-refractivity contribution in [2.45, 2.75) is 6.04 Å². The highest BCUT2D eigenvalue weighted by Crippen LogP contribution is 2.22. The van der Waals surface area contributed by atoms with Crippen LogP contribution in [0.4, 0.5) is 9.39 Å². The number of thiophene rings is 1. The first-order valence-corrected chi connectivity index (χ1v) is 10.1. The number of nitrogens with zero attached hydrogens (tertiary/aromatic N) is 4. The molecule has 1 aliphatic heterocycles. The SMILES string of the molecule is CN=C(NCC(c1cccc(F)c1)N(C)C)N1CCN(c2cccs2)CC1.I. The fourth-order valence-electron chi connectivity index (χ4n) is 3.42. The fraction of sp³-hybridized carbons (Fsp3) is 0.450. The molecule has 28 heavy (non-hydrogen) atoms. The molecular weight excluding hydrogens is 488 g/mol. The van der Waals surface area contributed by atoms with Crippen LogP contribution < -0.4 is 10.2 Å². The number of halogens is 2. The second kappa shape index (κ2) is 11.0. The predicted octanol–water partition coefficient (Wildman–Crippen LogP) is 3.51. The normalized spacial score (nSPS) is 16.1. The van der Waals surface area contributed by atoms with Gasteiger partial charge in [-0.15, -0.1) is 35.3 Å². The summed E-state index contributed by atoms with van der Waals surface area (Å²) in [4.78, 5) is 11.3. The summed E-state index contributed by atoms with van der Waals surface area (Å²) >= 11 is 1.79. The van der Waals surface area contributed by atoms with E-state index in [-0.39, 0.29) is 35.8 Å². The number of anilines is 1. The summed E-state index contributed by atoms with van der Waals surface area (Å²) in [5.41, 5.74) is 0.963. The minimum atomic E-state index is -0.201. The van der Waals surface area contributed by atoms with Gasteiger partial charge in [-0.05, 0) is 49.3 Å². The number of aliphatic imine (C=N–C) groups is 1. The summed E-state index contributed by atoms with van der Waals surface area (Å²) < 4.78 is 13.6. The maximum atomic E-state index is 13.6. The standard InChI is InChI=1S/C20H28FN5S.HI/c1-22-20(26-11-9-25(10-12-26)19-8-5-13-27-19)23-15-18(24(2)3)16-6-4-7-17(21)14-16;/h4-8,13-14,18H,9-12,15H2,1-3H3,(H,22,23);1H. The number of rotatable bonds is 5. The van der Waals surface area contributed by atoms with Gasteiger partial charge in [0.2, 0.25) is 0 Å². The summed E-state index contributed by atoms with van der Waals surface area (Å²) in [5.74, 6) is 0.706. The Kier molecular flexibility index (Phi) is 8.97. The molecule has 1 aliphatic rings. The van der Waals surface area contributed by atoms with E-state index in [9.17, 15) is 4.39 Å². The molecule has 0 bridgehead atoms. The Morgan fingerprint density at radius 2 is 1.96 bits per heavy atom. The van der Waals surface area contributed by atoms with E-state index in [1.54, 1.807) is 23.5 Å². The van der Waals surface area contributed by atoms with E-state index in [0.29, 0.717) is 6.54 Å². The van der Waals surface area contributed by atoms with Gasteiger partial charge in [-0.3, -0.25) is 4.99 Å². The first-order valence-electron chi connectivity index (χ1n) is 9.24. The average molecular weight is 517 g/mol. The zero-order chi connectivity index (χ0) is 19.2. The number of guanidine groups is 1. The third kappa shape index (κ3) is 5.81. The van der Waals surface area contributed by atoms with Crippen molar-refractivity contribution in [2.24, 2.45) is 4.99 Å². The average Bonchev–Trinajstić information content (AvgIpc) is 3.20. The molecule has 0 amide bonds. The van der Waals surface area contributed by atoms with E-state index < -0.39 is 0 Å². The van der Waals surface area contributed by atoms with Crippen LogP contribution in [-0.4, -0.2) is 69.6 Å². The minimum Gasteiger partial charge on any atom is -0.360 e. The predicted molar refractivity (Wildman–Crippen MR) is 128 cm³/mol. The first kappa shape index (κ1) is 22.9. The Morgan fingerprint density at radius 3 is 2.54 bits per heavy atom. The van der Waals surface area contributed by atoms with Crippen molar-refractivity contribution in [3.05, 3.63) is 53.2 Å². The van der Waals surface area contributed by atoms with Gasteiger partial charge in [0.25, 0.3) is 0 Å². The van der Waals surface area contributed by atoms with Crippen molar-refractivity contribution in [3.63, 3.8) is 0 Å². The number of hydrogen-bond acceptors (Lipinski definition) is 4. The van der Waals surface area contributed by atoms with Gasteiger partial charge in [-0.1, -0.05) is 12.1 Å². The van der Waals surface area contributed by atoms with E-state index in [4.69, 9.17) is 0 Å². The molecule has 8 heteroatoms. The highest BCUT2D eigenvalue weighted by atomic mass is 127. The molecule has 1 aromatic heterocycles. The third-order valence-electron chi connectivity index (χ3n) is 4.92. The Labute approximate surface area is 188 Å². The zero-order valence-corrected chi connectivity index (χ0v) is 19.8. The van der Waals surface area contributed by atoms with Gasteiger partial charge >= 0.3 is 0 Å². The van der Waals surface area contributed by atoms with Gasteiger partial charge in [0.05, 0.1) is 11.0 Å². The number of likely N-dealkylation sites (N-methyl/N-ethyl adjacent to an activating group) is 1. The van der Waals surface area contributed by atoms with Crippen molar-refractivity contribution in [1.29, 1.82) is 0 Å². The van der Waals surface area contributed by atoms with Gasteiger partial charge in [-0.25, -0.2) is 4.39 Å². The van der Waals surface area contributed by atoms with Crippen LogP contribution in [0.15, 0.2) is 46.8 Å². The molecule has 1 fully saturated rings. The lowest BCUT2D eigenvalue weighted by atomic mass is 10.1. The Hall–Kier alpha value is -1.39. The van der Waals surface area contributed by atoms with Crippen LogP contribution >= 0.6 is 35.3 Å². The quantitative estimate of drug-likeness (QED) is 0.374. The van der Waals surface area contributed by atoms with Gasteiger partial charge < -0.3 is 20.0 Å². The lowest BCUT2D eigenvalue weighted by Crippen LogP contribution is -2.53. The number of piperazine rings is 1. The van der Waals surface area contributed by atoms with Gasteiger partial charge in [0.1, 0.15) is 5.82 Å². The molecule has 0 aliphatic carbocycles. The van der Waals surface area contributed by atoms with Crippen LogP contribution in [0, 0.1) is 5.82 Å². The fourth-order valence-corrected chi connectivity index (χ4v) is 4.21. The summed E-state index contributed by atoms with van der Waals surface area (Å²) in [5, 5.41) is 6.94. The smallest absolute Gasteiger partial charge is 0.193 e. The van der Waals surface area contributed by atoms with Crippen LogP contribution in [0.25, 0.3) is 0 Å². The van der Waals surface area contributed by atoms with Crippen LogP contribution in [-0.2, 0) is 0 Å². The molecule has 0 saturated carbocycles. The van der Waals surface area contributed by atoms with Crippen molar-refractivity contribution >= 4 is 46.3 Å². The summed E-state index contributed by atoms with van der Waals surface area (Å²) in [7, 11) is 5.85. The molecule has 154 valence electrons. The molecule has 3 rings (SSSR count). The van der Waals surface area contributed by atoms with Crippen LogP contribution in [0.2, 0.25) is 0 Å². The van der Waals surface area contributed by atoms with Crippen molar-refractivity contribution in [2.75, 3.05) is 58.8 Å².